The van der Waals surface area contributed by atoms with Gasteiger partial charge in [-0.25, -0.2) is 8.42 Å². The maximum Gasteiger partial charge on any atom is 0.253 e. The first-order chi connectivity index (χ1) is 10.8. The summed E-state index contributed by atoms with van der Waals surface area (Å²) in [6.45, 7) is 3.88. The average molecular weight is 332 g/mol. The molecule has 0 aliphatic carbocycles. The largest absolute Gasteiger partial charge is 0.345 e. The Labute approximate surface area is 136 Å². The van der Waals surface area contributed by atoms with Crippen LogP contribution in [0.1, 0.15) is 34.5 Å². The van der Waals surface area contributed by atoms with Crippen LogP contribution in [0.4, 0.5) is 5.69 Å². The predicted molar refractivity (Wildman–Crippen MR) is 92.0 cm³/mol. The number of hydrogen-bond acceptors (Lipinski definition) is 3. The number of para-hydroxylation sites is 1. The van der Waals surface area contributed by atoms with Gasteiger partial charge in [0.1, 0.15) is 0 Å². The van der Waals surface area contributed by atoms with Gasteiger partial charge in [-0.1, -0.05) is 42.0 Å². The molecule has 0 aromatic heterocycles. The van der Waals surface area contributed by atoms with Crippen molar-refractivity contribution < 1.29 is 13.2 Å². The minimum absolute atomic E-state index is 0.186. The fourth-order valence-corrected chi connectivity index (χ4v) is 2.76. The van der Waals surface area contributed by atoms with Gasteiger partial charge in [-0.3, -0.25) is 9.52 Å². The third kappa shape index (κ3) is 4.82. The van der Waals surface area contributed by atoms with Crippen molar-refractivity contribution in [3.63, 3.8) is 0 Å². The third-order valence-electron chi connectivity index (χ3n) is 3.39. The summed E-state index contributed by atoms with van der Waals surface area (Å²) < 4.78 is 25.2. The van der Waals surface area contributed by atoms with Crippen molar-refractivity contribution in [2.24, 2.45) is 0 Å². The van der Waals surface area contributed by atoms with Crippen molar-refractivity contribution in [2.75, 3.05) is 11.0 Å². The molecule has 2 rings (SSSR count). The van der Waals surface area contributed by atoms with Crippen LogP contribution in [0.25, 0.3) is 0 Å². The zero-order valence-electron chi connectivity index (χ0n) is 13.3. The highest BCUT2D eigenvalue weighted by Crippen LogP contribution is 2.19. The lowest BCUT2D eigenvalue weighted by Gasteiger charge is -2.16. The molecular formula is C17H20N2O3S. The highest BCUT2D eigenvalue weighted by atomic mass is 32.2. The second-order valence-electron chi connectivity index (χ2n) is 5.53. The number of carbonyl (C=O) groups excluding carboxylic acids is 1. The molecule has 0 fully saturated rings. The number of benzene rings is 2. The van der Waals surface area contributed by atoms with Crippen LogP contribution in [0, 0.1) is 6.92 Å². The number of sulfonamides is 1. The molecule has 0 spiro atoms. The molecule has 2 aromatic carbocycles. The molecule has 2 aromatic rings. The van der Waals surface area contributed by atoms with E-state index in [-0.39, 0.29) is 23.2 Å². The second-order valence-corrected chi connectivity index (χ2v) is 7.27. The number of hydrogen-bond donors (Lipinski definition) is 2. The number of anilines is 1. The predicted octanol–water partition coefficient (Wildman–Crippen LogP) is 2.86. The normalized spacial score (nSPS) is 12.5. The first-order valence-electron chi connectivity index (χ1n) is 7.20. The Balaban J connectivity index is 2.19. The summed E-state index contributed by atoms with van der Waals surface area (Å²) in [5, 5.41) is 2.88. The van der Waals surface area contributed by atoms with E-state index < -0.39 is 10.0 Å². The maximum atomic E-state index is 12.5. The SMILES string of the molecule is Cc1ccc(C(C)NC(=O)c2ccccc2NS(C)(=O)=O)cc1. The summed E-state index contributed by atoms with van der Waals surface area (Å²) in [6, 6.07) is 14.2. The summed E-state index contributed by atoms with van der Waals surface area (Å²) in [5.41, 5.74) is 2.69. The van der Waals surface area contributed by atoms with E-state index in [1.54, 1.807) is 24.3 Å². The quantitative estimate of drug-likeness (QED) is 0.884. The van der Waals surface area contributed by atoms with E-state index in [4.69, 9.17) is 0 Å². The van der Waals surface area contributed by atoms with Gasteiger partial charge < -0.3 is 5.32 Å². The number of carbonyl (C=O) groups is 1. The molecule has 0 aliphatic heterocycles. The van der Waals surface area contributed by atoms with Gasteiger partial charge >= 0.3 is 0 Å². The van der Waals surface area contributed by atoms with E-state index in [9.17, 15) is 13.2 Å². The van der Waals surface area contributed by atoms with Gasteiger partial charge in [-0.2, -0.15) is 0 Å². The van der Waals surface area contributed by atoms with Gasteiger partial charge in [0.2, 0.25) is 10.0 Å². The fraction of sp³-hybridized carbons (Fsp3) is 0.235. The molecule has 5 nitrogen and oxygen atoms in total. The topological polar surface area (TPSA) is 75.3 Å². The first kappa shape index (κ1) is 17.0. The molecule has 2 N–H and O–H groups in total. The number of aryl methyl sites for hydroxylation is 1. The molecule has 0 heterocycles. The van der Waals surface area contributed by atoms with Gasteiger partial charge in [-0.15, -0.1) is 0 Å². The minimum Gasteiger partial charge on any atom is -0.345 e. The summed E-state index contributed by atoms with van der Waals surface area (Å²) >= 11 is 0. The average Bonchev–Trinajstić information content (AvgIpc) is 2.46. The Morgan fingerprint density at radius 2 is 1.65 bits per heavy atom. The highest BCUT2D eigenvalue weighted by molar-refractivity contribution is 7.92. The Hall–Kier alpha value is -2.34. The Morgan fingerprint density at radius 1 is 1.04 bits per heavy atom. The molecule has 0 saturated heterocycles. The second kappa shape index (κ2) is 6.83. The van der Waals surface area contributed by atoms with Crippen molar-refractivity contribution >= 4 is 21.6 Å². The number of amides is 1. The zero-order valence-corrected chi connectivity index (χ0v) is 14.1. The zero-order chi connectivity index (χ0) is 17.0. The van der Waals surface area contributed by atoms with Gasteiger partial charge in [0.05, 0.1) is 23.5 Å². The fourth-order valence-electron chi connectivity index (χ4n) is 2.18. The van der Waals surface area contributed by atoms with Crippen molar-refractivity contribution in [3.8, 4) is 0 Å². The molecule has 122 valence electrons. The van der Waals surface area contributed by atoms with Crippen LogP contribution in [0.3, 0.4) is 0 Å². The highest BCUT2D eigenvalue weighted by Gasteiger charge is 2.16. The van der Waals surface area contributed by atoms with Crippen LogP contribution < -0.4 is 10.0 Å². The molecule has 0 bridgehead atoms. The van der Waals surface area contributed by atoms with E-state index in [1.165, 1.54) is 0 Å². The summed E-state index contributed by atoms with van der Waals surface area (Å²) in [5.74, 6) is -0.329. The number of rotatable bonds is 5. The van der Waals surface area contributed by atoms with E-state index in [0.29, 0.717) is 0 Å². The van der Waals surface area contributed by atoms with Gasteiger partial charge in [0.25, 0.3) is 5.91 Å². The first-order valence-corrected chi connectivity index (χ1v) is 9.09. The molecule has 1 unspecified atom stereocenters. The van der Waals surface area contributed by atoms with Crippen molar-refractivity contribution in [2.45, 2.75) is 19.9 Å². The van der Waals surface area contributed by atoms with Gasteiger partial charge in [0.15, 0.2) is 0 Å². The van der Waals surface area contributed by atoms with Gasteiger partial charge in [0, 0.05) is 0 Å². The molecule has 1 amide bonds. The summed E-state index contributed by atoms with van der Waals surface area (Å²) in [7, 11) is -3.45. The Kier molecular flexibility index (Phi) is 5.05. The summed E-state index contributed by atoms with van der Waals surface area (Å²) in [6.07, 6.45) is 1.05. The van der Waals surface area contributed by atoms with E-state index >= 15 is 0 Å². The molecule has 0 aliphatic rings. The third-order valence-corrected chi connectivity index (χ3v) is 3.98. The van der Waals surface area contributed by atoms with Crippen LogP contribution in [0.5, 0.6) is 0 Å². The Morgan fingerprint density at radius 3 is 2.26 bits per heavy atom. The lowest BCUT2D eigenvalue weighted by molar-refractivity contribution is 0.0941. The molecule has 23 heavy (non-hydrogen) atoms. The lowest BCUT2D eigenvalue weighted by Crippen LogP contribution is -2.27. The molecule has 1 atom stereocenters. The van der Waals surface area contributed by atoms with Crippen molar-refractivity contribution in [1.82, 2.24) is 5.32 Å². The molecular weight excluding hydrogens is 312 g/mol. The van der Waals surface area contributed by atoms with Crippen LogP contribution in [-0.2, 0) is 10.0 Å². The Bertz CT molecular complexity index is 799. The van der Waals surface area contributed by atoms with Crippen LogP contribution in [-0.4, -0.2) is 20.6 Å². The van der Waals surface area contributed by atoms with Gasteiger partial charge in [-0.05, 0) is 31.5 Å². The van der Waals surface area contributed by atoms with E-state index in [2.05, 4.69) is 10.0 Å². The van der Waals surface area contributed by atoms with Crippen molar-refractivity contribution in [1.29, 1.82) is 0 Å². The van der Waals surface area contributed by atoms with Crippen molar-refractivity contribution in [3.05, 3.63) is 65.2 Å². The van der Waals surface area contributed by atoms with Crippen LogP contribution >= 0.6 is 0 Å². The summed E-state index contributed by atoms with van der Waals surface area (Å²) in [4.78, 5) is 12.5. The van der Waals surface area contributed by atoms with E-state index in [0.717, 1.165) is 17.4 Å². The standard InChI is InChI=1S/C17H20N2O3S/c1-12-8-10-14(11-9-12)13(2)18-17(20)15-6-4-5-7-16(15)19-23(3,21)22/h4-11,13,19H,1-3H3,(H,18,20). The number of nitrogens with one attached hydrogen (secondary N) is 2. The van der Waals surface area contributed by atoms with Crippen LogP contribution in [0.2, 0.25) is 0 Å². The monoisotopic (exact) mass is 332 g/mol. The lowest BCUT2D eigenvalue weighted by atomic mass is 10.1. The molecule has 0 radical (unpaired) electrons. The van der Waals surface area contributed by atoms with E-state index in [1.807, 2.05) is 38.1 Å². The molecule has 0 saturated carbocycles. The minimum atomic E-state index is -3.45. The smallest absolute Gasteiger partial charge is 0.253 e. The van der Waals surface area contributed by atoms with Crippen LogP contribution in [0.15, 0.2) is 48.5 Å². The molecule has 6 heteroatoms. The maximum absolute atomic E-state index is 12.5.